The van der Waals surface area contributed by atoms with Gasteiger partial charge in [0.15, 0.2) is 5.16 Å². The standard InChI is InChI=1S/C19H20N4O2S/c1-13-18(25)21-19(23-22-13)26-12-5-4-11-17(24)20-16-10-6-8-14-7-2-3-9-15(14)16/h2-3,6-10H,4-5,11-12H2,1H3,(H,20,24)(H,21,23,25). The third-order valence-electron chi connectivity index (χ3n) is 3.94. The summed E-state index contributed by atoms with van der Waals surface area (Å²) in [6.07, 6.45) is 2.08. The van der Waals surface area contributed by atoms with Gasteiger partial charge < -0.3 is 5.32 Å². The van der Waals surface area contributed by atoms with Crippen molar-refractivity contribution in [3.05, 3.63) is 58.5 Å². The van der Waals surface area contributed by atoms with E-state index in [-0.39, 0.29) is 11.5 Å². The number of anilines is 1. The Kier molecular flexibility index (Phi) is 6.01. The number of aryl methyl sites for hydroxylation is 1. The Balaban J connectivity index is 1.44. The van der Waals surface area contributed by atoms with E-state index >= 15 is 0 Å². The normalized spacial score (nSPS) is 10.8. The fourth-order valence-electron chi connectivity index (χ4n) is 2.55. The number of amides is 1. The van der Waals surface area contributed by atoms with Crippen molar-refractivity contribution in [3.8, 4) is 0 Å². The quantitative estimate of drug-likeness (QED) is 0.492. The number of aromatic nitrogens is 3. The van der Waals surface area contributed by atoms with Crippen molar-refractivity contribution in [1.82, 2.24) is 15.2 Å². The lowest BCUT2D eigenvalue weighted by atomic mass is 10.1. The Morgan fingerprint density at radius 3 is 2.77 bits per heavy atom. The second-order valence-corrected chi connectivity index (χ2v) is 7.01. The van der Waals surface area contributed by atoms with E-state index in [1.54, 1.807) is 6.92 Å². The molecule has 1 heterocycles. The molecule has 1 aromatic heterocycles. The highest BCUT2D eigenvalue weighted by Gasteiger charge is 2.06. The number of hydrogen-bond donors (Lipinski definition) is 2. The van der Waals surface area contributed by atoms with Gasteiger partial charge in [0, 0.05) is 23.2 Å². The number of hydrogen-bond acceptors (Lipinski definition) is 5. The van der Waals surface area contributed by atoms with Crippen LogP contribution in [-0.2, 0) is 4.79 Å². The molecule has 7 heteroatoms. The van der Waals surface area contributed by atoms with E-state index < -0.39 is 0 Å². The summed E-state index contributed by atoms with van der Waals surface area (Å²) in [5, 5.41) is 13.4. The van der Waals surface area contributed by atoms with Crippen LogP contribution in [0.25, 0.3) is 10.8 Å². The number of fused-ring (bicyclic) bond motifs is 1. The number of aromatic amines is 1. The molecule has 0 radical (unpaired) electrons. The fraction of sp³-hybridized carbons (Fsp3) is 0.263. The Morgan fingerprint density at radius 2 is 1.92 bits per heavy atom. The molecular weight excluding hydrogens is 348 g/mol. The smallest absolute Gasteiger partial charge is 0.273 e. The predicted molar refractivity (Wildman–Crippen MR) is 105 cm³/mol. The van der Waals surface area contributed by atoms with Crippen LogP contribution in [0.2, 0.25) is 0 Å². The summed E-state index contributed by atoms with van der Waals surface area (Å²) in [6, 6.07) is 13.9. The zero-order valence-electron chi connectivity index (χ0n) is 14.5. The number of carbonyl (C=O) groups excluding carboxylic acids is 1. The summed E-state index contributed by atoms with van der Waals surface area (Å²) in [5.74, 6) is 0.782. The van der Waals surface area contributed by atoms with Crippen LogP contribution in [0.15, 0.2) is 52.4 Å². The van der Waals surface area contributed by atoms with Crippen molar-refractivity contribution in [2.24, 2.45) is 0 Å². The van der Waals surface area contributed by atoms with Crippen LogP contribution in [0.1, 0.15) is 25.0 Å². The molecule has 0 atom stereocenters. The molecule has 0 unspecified atom stereocenters. The number of rotatable bonds is 7. The summed E-state index contributed by atoms with van der Waals surface area (Å²) in [7, 11) is 0. The molecule has 0 aliphatic heterocycles. The van der Waals surface area contributed by atoms with Crippen molar-refractivity contribution < 1.29 is 4.79 Å². The SMILES string of the molecule is Cc1nnc(SCCCCC(=O)Nc2cccc3ccccc23)[nH]c1=O. The highest BCUT2D eigenvalue weighted by Crippen LogP contribution is 2.23. The van der Waals surface area contributed by atoms with Crippen LogP contribution in [0, 0.1) is 6.92 Å². The van der Waals surface area contributed by atoms with Gasteiger partial charge in [-0.15, -0.1) is 10.2 Å². The minimum absolute atomic E-state index is 0.00916. The summed E-state index contributed by atoms with van der Waals surface area (Å²) in [6.45, 7) is 1.62. The van der Waals surface area contributed by atoms with Gasteiger partial charge in [0.1, 0.15) is 5.69 Å². The van der Waals surface area contributed by atoms with E-state index in [0.717, 1.165) is 35.1 Å². The second-order valence-electron chi connectivity index (χ2n) is 5.93. The first-order valence-electron chi connectivity index (χ1n) is 8.47. The number of carbonyl (C=O) groups is 1. The van der Waals surface area contributed by atoms with Crippen molar-refractivity contribution in [2.75, 3.05) is 11.1 Å². The van der Waals surface area contributed by atoms with Gasteiger partial charge in [-0.3, -0.25) is 14.6 Å². The van der Waals surface area contributed by atoms with E-state index in [4.69, 9.17) is 0 Å². The predicted octanol–water partition coefficient (Wildman–Crippen LogP) is 3.53. The molecule has 6 nitrogen and oxygen atoms in total. The molecule has 3 rings (SSSR count). The lowest BCUT2D eigenvalue weighted by Crippen LogP contribution is -2.14. The van der Waals surface area contributed by atoms with Crippen molar-refractivity contribution in [1.29, 1.82) is 0 Å². The maximum Gasteiger partial charge on any atom is 0.273 e. The highest BCUT2D eigenvalue weighted by molar-refractivity contribution is 7.99. The lowest BCUT2D eigenvalue weighted by molar-refractivity contribution is -0.116. The first-order valence-corrected chi connectivity index (χ1v) is 9.46. The minimum Gasteiger partial charge on any atom is -0.326 e. The Hall–Kier alpha value is -2.67. The van der Waals surface area contributed by atoms with Crippen LogP contribution >= 0.6 is 11.8 Å². The van der Waals surface area contributed by atoms with Gasteiger partial charge in [-0.1, -0.05) is 48.2 Å². The molecule has 26 heavy (non-hydrogen) atoms. The zero-order valence-corrected chi connectivity index (χ0v) is 15.3. The first-order chi connectivity index (χ1) is 12.6. The Morgan fingerprint density at radius 1 is 1.12 bits per heavy atom. The molecular formula is C19H20N4O2S. The second kappa shape index (κ2) is 8.62. The van der Waals surface area contributed by atoms with E-state index in [2.05, 4.69) is 20.5 Å². The van der Waals surface area contributed by atoms with Gasteiger partial charge >= 0.3 is 0 Å². The topological polar surface area (TPSA) is 87.7 Å². The number of nitrogens with one attached hydrogen (secondary N) is 2. The lowest BCUT2D eigenvalue weighted by Gasteiger charge is -2.08. The monoisotopic (exact) mass is 368 g/mol. The maximum absolute atomic E-state index is 12.2. The average Bonchev–Trinajstić information content (AvgIpc) is 2.64. The highest BCUT2D eigenvalue weighted by atomic mass is 32.2. The van der Waals surface area contributed by atoms with Crippen LogP contribution in [0.3, 0.4) is 0 Å². The zero-order chi connectivity index (χ0) is 18.4. The van der Waals surface area contributed by atoms with Crippen molar-refractivity contribution in [3.63, 3.8) is 0 Å². The third kappa shape index (κ3) is 4.70. The van der Waals surface area contributed by atoms with E-state index in [1.807, 2.05) is 42.5 Å². The Bertz CT molecular complexity index is 966. The molecule has 0 fully saturated rings. The average molecular weight is 368 g/mol. The molecule has 3 aromatic rings. The maximum atomic E-state index is 12.2. The van der Waals surface area contributed by atoms with Gasteiger partial charge in [-0.25, -0.2) is 0 Å². The van der Waals surface area contributed by atoms with Gasteiger partial charge in [0.05, 0.1) is 0 Å². The van der Waals surface area contributed by atoms with Crippen molar-refractivity contribution >= 4 is 34.1 Å². The summed E-state index contributed by atoms with van der Waals surface area (Å²) in [4.78, 5) is 26.3. The number of thioether (sulfide) groups is 1. The molecule has 1 amide bonds. The molecule has 2 aromatic carbocycles. The van der Waals surface area contributed by atoms with Gasteiger partial charge in [-0.2, -0.15) is 0 Å². The molecule has 134 valence electrons. The third-order valence-corrected chi connectivity index (χ3v) is 4.89. The van der Waals surface area contributed by atoms with E-state index in [0.29, 0.717) is 17.3 Å². The van der Waals surface area contributed by atoms with Gasteiger partial charge in [0.25, 0.3) is 5.56 Å². The molecule has 0 spiro atoms. The van der Waals surface area contributed by atoms with Crippen LogP contribution in [0.5, 0.6) is 0 Å². The molecule has 2 N–H and O–H groups in total. The molecule has 0 aliphatic rings. The Labute approximate surface area is 155 Å². The fourth-order valence-corrected chi connectivity index (χ4v) is 3.35. The largest absolute Gasteiger partial charge is 0.326 e. The van der Waals surface area contributed by atoms with Crippen LogP contribution in [0.4, 0.5) is 5.69 Å². The first kappa shape index (κ1) is 18.1. The number of H-pyrrole nitrogens is 1. The minimum atomic E-state index is -0.211. The summed E-state index contributed by atoms with van der Waals surface area (Å²) < 4.78 is 0. The molecule has 0 saturated heterocycles. The molecule has 0 bridgehead atoms. The number of benzene rings is 2. The van der Waals surface area contributed by atoms with Gasteiger partial charge in [-0.05, 0) is 31.2 Å². The van der Waals surface area contributed by atoms with E-state index in [9.17, 15) is 9.59 Å². The summed E-state index contributed by atoms with van der Waals surface area (Å²) >= 11 is 1.44. The van der Waals surface area contributed by atoms with Crippen LogP contribution < -0.4 is 10.9 Å². The summed E-state index contributed by atoms with van der Waals surface area (Å²) in [5.41, 5.74) is 0.992. The van der Waals surface area contributed by atoms with E-state index in [1.165, 1.54) is 11.8 Å². The molecule has 0 saturated carbocycles. The van der Waals surface area contributed by atoms with Gasteiger partial charge in [0.2, 0.25) is 5.91 Å². The molecule has 0 aliphatic carbocycles. The number of nitrogens with zero attached hydrogens (tertiary/aromatic N) is 2. The van der Waals surface area contributed by atoms with Crippen LogP contribution in [-0.4, -0.2) is 26.8 Å². The van der Waals surface area contributed by atoms with Crippen molar-refractivity contribution in [2.45, 2.75) is 31.3 Å². The number of unbranched alkanes of at least 4 members (excludes halogenated alkanes) is 1.